The van der Waals surface area contributed by atoms with Crippen molar-refractivity contribution in [1.29, 1.82) is 0 Å². The van der Waals surface area contributed by atoms with Crippen LogP contribution in [0.15, 0.2) is 48.8 Å². The van der Waals surface area contributed by atoms with Gasteiger partial charge in [-0.1, -0.05) is 17.7 Å². The number of rotatable bonds is 9. The third-order valence-corrected chi connectivity index (χ3v) is 5.70. The molecule has 3 aromatic heterocycles. The largest absolute Gasteiger partial charge is 0.494 e. The van der Waals surface area contributed by atoms with Crippen LogP contribution in [-0.2, 0) is 0 Å². The lowest BCUT2D eigenvalue weighted by atomic mass is 10.2. The van der Waals surface area contributed by atoms with E-state index in [2.05, 4.69) is 20.3 Å². The number of halogens is 1. The summed E-state index contributed by atoms with van der Waals surface area (Å²) < 4.78 is 7.36. The van der Waals surface area contributed by atoms with Crippen molar-refractivity contribution >= 4 is 40.1 Å². The Morgan fingerprint density at radius 2 is 1.97 bits per heavy atom. The SMILES string of the molecule is COc1cc(N(C)CCN(C)C)c([N+](=O)[O-])cc1Nc1nccc(-c2nc(Cl)c3ccccn23)n1. The van der Waals surface area contributed by atoms with Gasteiger partial charge in [0.25, 0.3) is 5.69 Å². The summed E-state index contributed by atoms with van der Waals surface area (Å²) in [5, 5.41) is 15.3. The first kappa shape index (κ1) is 24.2. The molecule has 0 amide bonds. The number of nitrogens with one attached hydrogen (secondary N) is 1. The number of nitrogens with zero attached hydrogens (tertiary/aromatic N) is 7. The van der Waals surface area contributed by atoms with Crippen LogP contribution in [0.3, 0.4) is 0 Å². The average Bonchev–Trinajstić information content (AvgIpc) is 3.19. The second-order valence-electron chi connectivity index (χ2n) is 8.10. The highest BCUT2D eigenvalue weighted by Crippen LogP contribution is 2.39. The number of fused-ring (bicyclic) bond motifs is 1. The number of aromatic nitrogens is 4. The summed E-state index contributed by atoms with van der Waals surface area (Å²) in [6.45, 7) is 1.35. The van der Waals surface area contributed by atoms with Crippen LogP contribution in [0.5, 0.6) is 5.75 Å². The van der Waals surface area contributed by atoms with Gasteiger partial charge in [0.1, 0.15) is 17.1 Å². The Balaban J connectivity index is 1.70. The number of nitro groups is 1. The fourth-order valence-corrected chi connectivity index (χ4v) is 3.83. The van der Waals surface area contributed by atoms with Crippen LogP contribution in [0.2, 0.25) is 5.15 Å². The molecule has 4 aromatic rings. The Kier molecular flexibility index (Phi) is 6.99. The van der Waals surface area contributed by atoms with Gasteiger partial charge in [-0.15, -0.1) is 0 Å². The van der Waals surface area contributed by atoms with E-state index in [9.17, 15) is 10.1 Å². The molecule has 0 fully saturated rings. The molecule has 0 aliphatic heterocycles. The molecule has 1 aromatic carbocycles. The lowest BCUT2D eigenvalue weighted by Crippen LogP contribution is -2.28. The van der Waals surface area contributed by atoms with Gasteiger partial charge in [-0.25, -0.2) is 15.0 Å². The van der Waals surface area contributed by atoms with Gasteiger partial charge < -0.3 is 19.9 Å². The molecular weight excluding hydrogens is 472 g/mol. The van der Waals surface area contributed by atoms with Crippen molar-refractivity contribution in [1.82, 2.24) is 24.3 Å². The highest BCUT2D eigenvalue weighted by Gasteiger charge is 2.22. The number of pyridine rings is 1. The molecule has 0 aliphatic rings. The minimum absolute atomic E-state index is 0.0586. The Hall–Kier alpha value is -3.96. The van der Waals surface area contributed by atoms with Gasteiger partial charge in [0.2, 0.25) is 5.95 Å². The third-order valence-electron chi connectivity index (χ3n) is 5.42. The molecule has 0 bridgehead atoms. The van der Waals surface area contributed by atoms with Crippen LogP contribution in [-0.4, -0.2) is 70.5 Å². The lowest BCUT2D eigenvalue weighted by molar-refractivity contribution is -0.384. The van der Waals surface area contributed by atoms with Crippen molar-refractivity contribution < 1.29 is 9.66 Å². The maximum atomic E-state index is 11.9. The minimum atomic E-state index is -0.415. The van der Waals surface area contributed by atoms with Crippen molar-refractivity contribution in [2.24, 2.45) is 0 Å². The number of methoxy groups -OCH3 is 1. The molecule has 4 rings (SSSR count). The number of ether oxygens (including phenoxy) is 1. The Morgan fingerprint density at radius 1 is 1.17 bits per heavy atom. The van der Waals surface area contributed by atoms with Gasteiger partial charge in [-0.3, -0.25) is 14.5 Å². The maximum absolute atomic E-state index is 11.9. The summed E-state index contributed by atoms with van der Waals surface area (Å²) in [7, 11) is 7.21. The molecule has 0 radical (unpaired) electrons. The summed E-state index contributed by atoms with van der Waals surface area (Å²) in [6.07, 6.45) is 3.42. The predicted octanol–water partition coefficient (Wildman–Crippen LogP) is 4.10. The predicted molar refractivity (Wildman–Crippen MR) is 136 cm³/mol. The van der Waals surface area contributed by atoms with E-state index < -0.39 is 4.92 Å². The van der Waals surface area contributed by atoms with Gasteiger partial charge in [0.15, 0.2) is 11.0 Å². The smallest absolute Gasteiger partial charge is 0.294 e. The van der Waals surface area contributed by atoms with Gasteiger partial charge in [-0.2, -0.15) is 0 Å². The summed E-state index contributed by atoms with van der Waals surface area (Å²) in [4.78, 5) is 28.6. The molecule has 0 aliphatic carbocycles. The first-order valence-electron chi connectivity index (χ1n) is 10.7. The molecule has 0 saturated carbocycles. The lowest BCUT2D eigenvalue weighted by Gasteiger charge is -2.22. The number of benzene rings is 1. The van der Waals surface area contributed by atoms with Crippen LogP contribution >= 0.6 is 11.6 Å². The second-order valence-corrected chi connectivity index (χ2v) is 8.45. The van der Waals surface area contributed by atoms with Gasteiger partial charge >= 0.3 is 0 Å². The van der Waals surface area contributed by atoms with Crippen LogP contribution in [0.1, 0.15) is 0 Å². The molecule has 182 valence electrons. The van der Waals surface area contributed by atoms with Crippen molar-refractivity contribution in [3.63, 3.8) is 0 Å². The monoisotopic (exact) mass is 496 g/mol. The number of likely N-dealkylation sites (N-methyl/N-ethyl adjacent to an activating group) is 2. The first-order chi connectivity index (χ1) is 16.8. The van der Waals surface area contributed by atoms with Crippen molar-refractivity contribution in [3.05, 3.63) is 64.1 Å². The van der Waals surface area contributed by atoms with Crippen LogP contribution in [0.25, 0.3) is 17.0 Å². The molecule has 3 heterocycles. The van der Waals surface area contributed by atoms with E-state index >= 15 is 0 Å². The zero-order valence-electron chi connectivity index (χ0n) is 19.8. The minimum Gasteiger partial charge on any atom is -0.494 e. The topological polar surface area (TPSA) is 114 Å². The van der Waals surface area contributed by atoms with Gasteiger partial charge in [0.05, 0.1) is 23.2 Å². The van der Waals surface area contributed by atoms with Crippen molar-refractivity contribution in [2.75, 3.05) is 51.6 Å². The van der Waals surface area contributed by atoms with Gasteiger partial charge in [-0.05, 0) is 32.3 Å². The maximum Gasteiger partial charge on any atom is 0.294 e. The molecule has 35 heavy (non-hydrogen) atoms. The Bertz CT molecular complexity index is 1370. The van der Waals surface area contributed by atoms with Crippen molar-refractivity contribution in [3.8, 4) is 17.3 Å². The Morgan fingerprint density at radius 3 is 2.69 bits per heavy atom. The second kappa shape index (κ2) is 10.1. The van der Waals surface area contributed by atoms with E-state index in [1.54, 1.807) is 18.3 Å². The highest BCUT2D eigenvalue weighted by molar-refractivity contribution is 6.32. The van der Waals surface area contributed by atoms with Crippen LogP contribution in [0.4, 0.5) is 23.0 Å². The van der Waals surface area contributed by atoms with E-state index in [0.29, 0.717) is 40.3 Å². The Labute approximate surface area is 207 Å². The number of hydrogen-bond acceptors (Lipinski definition) is 9. The van der Waals surface area contributed by atoms with E-state index in [1.807, 2.05) is 59.7 Å². The first-order valence-corrected chi connectivity index (χ1v) is 11.1. The van der Waals surface area contributed by atoms with Crippen LogP contribution < -0.4 is 15.0 Å². The summed E-state index contributed by atoms with van der Waals surface area (Å²) >= 11 is 6.29. The molecule has 11 nitrogen and oxygen atoms in total. The molecule has 0 atom stereocenters. The molecular formula is C23H25ClN8O3. The third kappa shape index (κ3) is 5.10. The fraction of sp³-hybridized carbons (Fsp3) is 0.261. The number of hydrogen-bond donors (Lipinski definition) is 1. The molecule has 1 N–H and O–H groups in total. The standard InChI is InChI=1S/C23H25ClN8O3/c1-29(2)11-12-30(3)18-14-20(35-4)16(13-19(18)32(33)34)27-23-25-9-8-15(26-23)22-28-21(24)17-7-5-6-10-31(17)22/h5-10,13-14H,11-12H2,1-4H3,(H,25,26,27). The fourth-order valence-electron chi connectivity index (χ4n) is 3.59. The summed E-state index contributed by atoms with van der Waals surface area (Å²) in [6, 6.07) is 10.4. The van der Waals surface area contributed by atoms with Crippen molar-refractivity contribution in [2.45, 2.75) is 0 Å². The molecule has 0 saturated heterocycles. The number of anilines is 3. The number of imidazole rings is 1. The molecule has 0 spiro atoms. The van der Waals surface area contributed by atoms with E-state index in [4.69, 9.17) is 16.3 Å². The van der Waals surface area contributed by atoms with Gasteiger partial charge in [0, 0.05) is 44.7 Å². The number of nitro benzene ring substituents is 1. The zero-order chi connectivity index (χ0) is 25.1. The summed E-state index contributed by atoms with van der Waals surface area (Å²) in [5.41, 5.74) is 2.05. The molecule has 12 heteroatoms. The quantitative estimate of drug-likeness (QED) is 0.270. The normalized spacial score (nSPS) is 11.1. The molecule has 0 unspecified atom stereocenters. The highest BCUT2D eigenvalue weighted by atomic mass is 35.5. The zero-order valence-corrected chi connectivity index (χ0v) is 20.5. The van der Waals surface area contributed by atoms with E-state index in [-0.39, 0.29) is 11.6 Å². The van der Waals surface area contributed by atoms with Crippen LogP contribution in [0, 0.1) is 10.1 Å². The van der Waals surface area contributed by atoms with E-state index in [0.717, 1.165) is 12.1 Å². The average molecular weight is 497 g/mol. The van der Waals surface area contributed by atoms with E-state index in [1.165, 1.54) is 13.2 Å². The summed E-state index contributed by atoms with van der Waals surface area (Å²) in [5.74, 6) is 1.20.